The molecule has 1 unspecified atom stereocenters. The second kappa shape index (κ2) is 4.84. The number of pyridine rings is 1. The Morgan fingerprint density at radius 1 is 1.53 bits per heavy atom. The van der Waals surface area contributed by atoms with Crippen LogP contribution in [0.5, 0.6) is 0 Å². The molecule has 1 N–H and O–H groups in total. The molecule has 1 aromatic rings. The van der Waals surface area contributed by atoms with Crippen molar-refractivity contribution in [1.29, 1.82) is 0 Å². The van der Waals surface area contributed by atoms with E-state index in [4.69, 9.17) is 5.11 Å². The van der Waals surface area contributed by atoms with Crippen LogP contribution in [0.25, 0.3) is 0 Å². The third kappa shape index (κ3) is 2.31. The molecular formula is C13H18N2O2. The van der Waals surface area contributed by atoms with Gasteiger partial charge in [0.2, 0.25) is 0 Å². The molecule has 0 saturated carbocycles. The summed E-state index contributed by atoms with van der Waals surface area (Å²) < 4.78 is 0. The molecule has 0 radical (unpaired) electrons. The maximum absolute atomic E-state index is 11.1. The average molecular weight is 234 g/mol. The van der Waals surface area contributed by atoms with Gasteiger partial charge < -0.3 is 5.11 Å². The fourth-order valence-electron chi connectivity index (χ4n) is 2.70. The van der Waals surface area contributed by atoms with Gasteiger partial charge in [-0.25, -0.2) is 0 Å². The summed E-state index contributed by atoms with van der Waals surface area (Å²) in [5.74, 6) is -0.760. The van der Waals surface area contributed by atoms with E-state index in [1.165, 1.54) is 0 Å². The maximum Gasteiger partial charge on any atom is 0.305 e. The van der Waals surface area contributed by atoms with E-state index in [0.717, 1.165) is 31.5 Å². The van der Waals surface area contributed by atoms with Crippen molar-refractivity contribution in [3.05, 3.63) is 30.1 Å². The van der Waals surface area contributed by atoms with Gasteiger partial charge in [0.25, 0.3) is 0 Å². The first-order valence-electron chi connectivity index (χ1n) is 6.00. The topological polar surface area (TPSA) is 53.4 Å². The SMILES string of the molecule is CN1CCCCC1(CC(=O)O)c1ccccn1. The van der Waals surface area contributed by atoms with Gasteiger partial charge in [0.15, 0.2) is 0 Å². The minimum atomic E-state index is -0.760. The highest BCUT2D eigenvalue weighted by atomic mass is 16.4. The van der Waals surface area contributed by atoms with Gasteiger partial charge in [-0.2, -0.15) is 0 Å². The third-order valence-electron chi connectivity index (χ3n) is 3.65. The zero-order chi connectivity index (χ0) is 12.3. The number of carboxylic acid groups (broad SMARTS) is 1. The van der Waals surface area contributed by atoms with Crippen molar-refractivity contribution < 1.29 is 9.90 Å². The summed E-state index contributed by atoms with van der Waals surface area (Å²) in [4.78, 5) is 17.7. The molecule has 1 fully saturated rings. The summed E-state index contributed by atoms with van der Waals surface area (Å²) >= 11 is 0. The molecule has 1 aromatic heterocycles. The summed E-state index contributed by atoms with van der Waals surface area (Å²) in [7, 11) is 2.00. The lowest BCUT2D eigenvalue weighted by Gasteiger charge is -2.44. The molecule has 0 amide bonds. The first kappa shape index (κ1) is 12.0. The fourth-order valence-corrected chi connectivity index (χ4v) is 2.70. The Morgan fingerprint density at radius 3 is 2.94 bits per heavy atom. The van der Waals surface area contributed by atoms with Crippen molar-refractivity contribution in [3.8, 4) is 0 Å². The van der Waals surface area contributed by atoms with Gasteiger partial charge in [-0.15, -0.1) is 0 Å². The van der Waals surface area contributed by atoms with E-state index in [1.54, 1.807) is 6.20 Å². The smallest absolute Gasteiger partial charge is 0.305 e. The molecule has 1 aliphatic rings. The highest BCUT2D eigenvalue weighted by Gasteiger charge is 2.41. The van der Waals surface area contributed by atoms with Crippen molar-refractivity contribution in [2.24, 2.45) is 0 Å². The third-order valence-corrected chi connectivity index (χ3v) is 3.65. The summed E-state index contributed by atoms with van der Waals surface area (Å²) in [6, 6.07) is 5.72. The van der Waals surface area contributed by atoms with Gasteiger partial charge in [0.1, 0.15) is 0 Å². The highest BCUT2D eigenvalue weighted by molar-refractivity contribution is 5.68. The standard InChI is InChI=1S/C13H18N2O2/c1-15-9-5-3-7-13(15,10-12(16)17)11-6-2-4-8-14-11/h2,4,6,8H,3,5,7,9-10H2,1H3,(H,16,17). The van der Waals surface area contributed by atoms with Gasteiger partial charge in [0.05, 0.1) is 17.7 Å². The van der Waals surface area contributed by atoms with Crippen LogP contribution in [0.4, 0.5) is 0 Å². The summed E-state index contributed by atoms with van der Waals surface area (Å²) in [6.07, 6.45) is 4.92. The van der Waals surface area contributed by atoms with Crippen LogP contribution in [0.3, 0.4) is 0 Å². The molecule has 92 valence electrons. The molecule has 0 aromatic carbocycles. The molecule has 4 nitrogen and oxygen atoms in total. The normalized spacial score (nSPS) is 25.7. The summed E-state index contributed by atoms with van der Waals surface area (Å²) in [5.41, 5.74) is 0.454. The van der Waals surface area contributed by atoms with Gasteiger partial charge in [0, 0.05) is 6.20 Å². The number of hydrogen-bond acceptors (Lipinski definition) is 3. The van der Waals surface area contributed by atoms with Gasteiger partial charge in [-0.1, -0.05) is 6.07 Å². The van der Waals surface area contributed by atoms with Crippen LogP contribution < -0.4 is 0 Å². The lowest BCUT2D eigenvalue weighted by Crippen LogP contribution is -2.49. The van der Waals surface area contributed by atoms with Crippen molar-refractivity contribution in [3.63, 3.8) is 0 Å². The van der Waals surface area contributed by atoms with E-state index in [0.29, 0.717) is 0 Å². The summed E-state index contributed by atoms with van der Waals surface area (Å²) in [5, 5.41) is 9.16. The zero-order valence-electron chi connectivity index (χ0n) is 10.1. The van der Waals surface area contributed by atoms with Crippen LogP contribution in [0, 0.1) is 0 Å². The van der Waals surface area contributed by atoms with Crippen molar-refractivity contribution in [2.75, 3.05) is 13.6 Å². The van der Waals surface area contributed by atoms with Gasteiger partial charge >= 0.3 is 5.97 Å². The lowest BCUT2D eigenvalue weighted by atomic mass is 9.81. The number of aliphatic carboxylic acids is 1. The van der Waals surface area contributed by atoms with Gasteiger partial charge in [-0.3, -0.25) is 14.7 Å². The molecule has 1 saturated heterocycles. The molecule has 0 spiro atoms. The van der Waals surface area contributed by atoms with Crippen LogP contribution in [0.15, 0.2) is 24.4 Å². The van der Waals surface area contributed by atoms with E-state index in [1.807, 2.05) is 25.2 Å². The lowest BCUT2D eigenvalue weighted by molar-refractivity contribution is -0.141. The van der Waals surface area contributed by atoms with Crippen molar-refractivity contribution >= 4 is 5.97 Å². The number of aromatic nitrogens is 1. The monoisotopic (exact) mass is 234 g/mol. The molecule has 2 heterocycles. The van der Waals surface area contributed by atoms with Crippen molar-refractivity contribution in [1.82, 2.24) is 9.88 Å². The zero-order valence-corrected chi connectivity index (χ0v) is 10.1. The predicted molar refractivity (Wildman–Crippen MR) is 64.6 cm³/mol. The minimum Gasteiger partial charge on any atom is -0.481 e. The molecule has 0 bridgehead atoms. The maximum atomic E-state index is 11.1. The molecule has 1 atom stereocenters. The Kier molecular flexibility index (Phi) is 3.43. The predicted octanol–water partition coefficient (Wildman–Crippen LogP) is 1.87. The van der Waals surface area contributed by atoms with Crippen LogP contribution in [-0.4, -0.2) is 34.6 Å². The van der Waals surface area contributed by atoms with E-state index in [9.17, 15) is 4.79 Å². The number of likely N-dealkylation sites (tertiary alicyclic amines) is 1. The quantitative estimate of drug-likeness (QED) is 0.867. The first-order chi connectivity index (χ1) is 8.15. The molecular weight excluding hydrogens is 216 g/mol. The van der Waals surface area contributed by atoms with Crippen LogP contribution in [0.1, 0.15) is 31.4 Å². The number of rotatable bonds is 3. The fraction of sp³-hybridized carbons (Fsp3) is 0.538. The largest absolute Gasteiger partial charge is 0.481 e. The van der Waals surface area contributed by atoms with Crippen LogP contribution in [-0.2, 0) is 10.3 Å². The Hall–Kier alpha value is -1.42. The van der Waals surface area contributed by atoms with Crippen LogP contribution >= 0.6 is 0 Å². The number of carbonyl (C=O) groups is 1. The first-order valence-corrected chi connectivity index (χ1v) is 6.00. The minimum absolute atomic E-state index is 0.126. The number of nitrogens with zero attached hydrogens (tertiary/aromatic N) is 2. The molecule has 2 rings (SSSR count). The van der Waals surface area contributed by atoms with Gasteiger partial charge in [-0.05, 0) is 45.0 Å². The summed E-state index contributed by atoms with van der Waals surface area (Å²) in [6.45, 7) is 0.934. The van der Waals surface area contributed by atoms with Crippen molar-refractivity contribution in [2.45, 2.75) is 31.2 Å². The van der Waals surface area contributed by atoms with E-state index < -0.39 is 11.5 Å². The number of carboxylic acids is 1. The second-order valence-corrected chi connectivity index (χ2v) is 4.70. The Bertz CT molecular complexity index is 394. The van der Waals surface area contributed by atoms with E-state index in [2.05, 4.69) is 9.88 Å². The molecule has 4 heteroatoms. The Balaban J connectivity index is 2.39. The number of piperidine rings is 1. The number of hydrogen-bond donors (Lipinski definition) is 1. The second-order valence-electron chi connectivity index (χ2n) is 4.70. The molecule has 1 aliphatic heterocycles. The Morgan fingerprint density at radius 2 is 2.35 bits per heavy atom. The van der Waals surface area contributed by atoms with Crippen LogP contribution in [0.2, 0.25) is 0 Å². The Labute approximate surface area is 101 Å². The highest BCUT2D eigenvalue weighted by Crippen LogP contribution is 2.38. The average Bonchev–Trinajstić information content (AvgIpc) is 2.33. The molecule has 17 heavy (non-hydrogen) atoms. The van der Waals surface area contributed by atoms with E-state index >= 15 is 0 Å². The molecule has 0 aliphatic carbocycles. The van der Waals surface area contributed by atoms with E-state index in [-0.39, 0.29) is 6.42 Å².